The Bertz CT molecular complexity index is 209. The molecule has 0 aliphatic heterocycles. The van der Waals surface area contributed by atoms with Crippen molar-refractivity contribution in [3.63, 3.8) is 0 Å². The normalized spacial score (nSPS) is 10.2. The first kappa shape index (κ1) is 10.2. The highest BCUT2D eigenvalue weighted by Crippen LogP contribution is 2.17. The van der Waals surface area contributed by atoms with Crippen molar-refractivity contribution in [2.24, 2.45) is 0 Å². The quantitative estimate of drug-likeness (QED) is 0.274. The van der Waals surface area contributed by atoms with Gasteiger partial charge in [-0.05, 0) is 5.23 Å². The summed E-state index contributed by atoms with van der Waals surface area (Å²) in [7, 11) is 0. The van der Waals surface area contributed by atoms with E-state index in [9.17, 15) is 23.3 Å². The van der Waals surface area contributed by atoms with Crippen LogP contribution >= 0.6 is 0 Å². The van der Waals surface area contributed by atoms with Crippen LogP contribution in [-0.4, -0.2) is 16.7 Å². The molecule has 0 aliphatic rings. The Morgan fingerprint density at radius 3 is 2.33 bits per heavy atom. The molecule has 0 spiro atoms. The van der Waals surface area contributed by atoms with Crippen molar-refractivity contribution < 1.29 is 28.0 Å². The number of hydrogen-bond donors (Lipinski definition) is 0. The Balaban J connectivity index is 4.03. The molecule has 68 valence electrons. The van der Waals surface area contributed by atoms with Gasteiger partial charge in [-0.1, -0.05) is 0 Å². The van der Waals surface area contributed by atoms with Gasteiger partial charge < -0.3 is 0 Å². The SMILES string of the molecule is N#CN(O[N+](=O)[O-])OC(F)(F)F. The molecule has 12 heavy (non-hydrogen) atoms. The molecular formula is C2F3N3O4. The van der Waals surface area contributed by atoms with E-state index in [1.54, 1.807) is 0 Å². The van der Waals surface area contributed by atoms with Crippen LogP contribution in [0, 0.1) is 21.6 Å². The summed E-state index contributed by atoms with van der Waals surface area (Å²) in [6, 6.07) is 0. The molecule has 0 heterocycles. The number of nitrogens with zero attached hydrogens (tertiary/aromatic N) is 3. The third kappa shape index (κ3) is 5.06. The second kappa shape index (κ2) is 3.58. The summed E-state index contributed by atoms with van der Waals surface area (Å²) in [5.41, 5.74) is 0. The van der Waals surface area contributed by atoms with Gasteiger partial charge in [0.05, 0.1) is 0 Å². The molecule has 10 heteroatoms. The van der Waals surface area contributed by atoms with E-state index in [2.05, 4.69) is 9.78 Å². The summed E-state index contributed by atoms with van der Waals surface area (Å²) in [6.07, 6.45) is -4.60. The van der Waals surface area contributed by atoms with Crippen LogP contribution in [-0.2, 0) is 9.78 Å². The molecule has 0 amide bonds. The maximum Gasteiger partial charge on any atom is 0.546 e. The van der Waals surface area contributed by atoms with Gasteiger partial charge in [-0.2, -0.15) is 10.2 Å². The zero-order valence-corrected chi connectivity index (χ0v) is 5.11. The van der Waals surface area contributed by atoms with Crippen LogP contribution in [0.1, 0.15) is 0 Å². The van der Waals surface area contributed by atoms with Gasteiger partial charge in [0, 0.05) is 0 Å². The van der Waals surface area contributed by atoms with E-state index in [0.29, 0.717) is 6.19 Å². The molecule has 0 N–H and O–H groups in total. The number of rotatable bonds is 3. The fourth-order valence-electron chi connectivity index (χ4n) is 0.210. The van der Waals surface area contributed by atoms with Gasteiger partial charge in [-0.15, -0.1) is 28.1 Å². The van der Waals surface area contributed by atoms with Gasteiger partial charge in [0.2, 0.25) is 6.19 Å². The van der Waals surface area contributed by atoms with Crippen molar-refractivity contribution >= 4 is 0 Å². The summed E-state index contributed by atoms with van der Waals surface area (Å²) in [5, 5.41) is 14.5. The Kier molecular flexibility index (Phi) is 3.05. The second-order valence-electron chi connectivity index (χ2n) is 1.20. The molecule has 0 aromatic rings. The Morgan fingerprint density at radius 2 is 2.08 bits per heavy atom. The fraction of sp³-hybridized carbons (Fsp3) is 0.500. The van der Waals surface area contributed by atoms with Crippen LogP contribution in [0.4, 0.5) is 13.2 Å². The van der Waals surface area contributed by atoms with Crippen molar-refractivity contribution in [3.8, 4) is 6.19 Å². The van der Waals surface area contributed by atoms with Gasteiger partial charge in [0.1, 0.15) is 0 Å². The molecule has 0 rings (SSSR count). The van der Waals surface area contributed by atoms with E-state index in [1.807, 2.05) is 0 Å². The van der Waals surface area contributed by atoms with E-state index < -0.39 is 16.7 Å². The highest BCUT2D eigenvalue weighted by Gasteiger charge is 2.35. The lowest BCUT2D eigenvalue weighted by molar-refractivity contribution is -0.835. The van der Waals surface area contributed by atoms with Crippen LogP contribution in [0.2, 0.25) is 0 Å². The molecule has 0 saturated carbocycles. The minimum absolute atomic E-state index is 0.617. The standard InChI is InChI=1S/C2F3N3O4/c3-2(4,5)11-7(1-6)12-8(9)10. The fourth-order valence-corrected chi connectivity index (χ4v) is 0.210. The number of hydrogen-bond acceptors (Lipinski definition) is 6. The maximum atomic E-state index is 11.2. The first-order valence-electron chi connectivity index (χ1n) is 2.13. The summed E-state index contributed by atoms with van der Waals surface area (Å²) in [6.45, 7) is 0. The van der Waals surface area contributed by atoms with Gasteiger partial charge >= 0.3 is 11.4 Å². The minimum Gasteiger partial charge on any atom is -0.168 e. The summed E-state index contributed by atoms with van der Waals surface area (Å²) < 4.78 is 33.7. The lowest BCUT2D eigenvalue weighted by Gasteiger charge is -2.11. The predicted octanol–water partition coefficient (Wildman–Crippen LogP) is 0.344. The van der Waals surface area contributed by atoms with Crippen molar-refractivity contribution in [2.45, 2.75) is 6.36 Å². The Morgan fingerprint density at radius 1 is 1.58 bits per heavy atom. The van der Waals surface area contributed by atoms with Crippen LogP contribution in [0.3, 0.4) is 0 Å². The highest BCUT2D eigenvalue weighted by atomic mass is 19.4. The number of nitriles is 1. The molecule has 0 aromatic carbocycles. The summed E-state index contributed by atoms with van der Waals surface area (Å²) in [4.78, 5) is 15.1. The maximum absolute atomic E-state index is 11.2. The van der Waals surface area contributed by atoms with Crippen LogP contribution < -0.4 is 0 Å². The number of halogens is 3. The van der Waals surface area contributed by atoms with Gasteiger partial charge in [-0.25, -0.2) is 0 Å². The van der Waals surface area contributed by atoms with E-state index >= 15 is 0 Å². The molecule has 0 aliphatic carbocycles. The number of alkyl halides is 3. The molecule has 7 nitrogen and oxygen atoms in total. The zero-order valence-electron chi connectivity index (χ0n) is 5.11. The van der Waals surface area contributed by atoms with Gasteiger partial charge in [0.25, 0.3) is 0 Å². The van der Waals surface area contributed by atoms with E-state index in [-0.39, 0.29) is 0 Å². The van der Waals surface area contributed by atoms with Gasteiger partial charge in [0.15, 0.2) is 0 Å². The average Bonchev–Trinajstić information content (AvgIpc) is 1.82. The second-order valence-corrected chi connectivity index (χ2v) is 1.20. The number of hydroxylamine groups is 2. The lowest BCUT2D eigenvalue weighted by Crippen LogP contribution is -2.29. The molecule has 0 unspecified atom stereocenters. The highest BCUT2D eigenvalue weighted by molar-refractivity contribution is 4.53. The van der Waals surface area contributed by atoms with Crippen LogP contribution in [0.25, 0.3) is 0 Å². The first-order valence-corrected chi connectivity index (χ1v) is 2.13. The molecule has 0 bridgehead atoms. The molecule has 0 fully saturated rings. The van der Waals surface area contributed by atoms with Crippen molar-refractivity contribution in [3.05, 3.63) is 10.1 Å². The summed E-state index contributed by atoms with van der Waals surface area (Å²) in [5.74, 6) is 0. The van der Waals surface area contributed by atoms with E-state index in [4.69, 9.17) is 5.26 Å². The van der Waals surface area contributed by atoms with Crippen LogP contribution in [0.15, 0.2) is 0 Å². The zero-order chi connectivity index (χ0) is 9.78. The topological polar surface area (TPSA) is 88.6 Å². The largest absolute Gasteiger partial charge is 0.546 e. The monoisotopic (exact) mass is 187 g/mol. The molecule has 0 atom stereocenters. The van der Waals surface area contributed by atoms with Gasteiger partial charge in [-0.3, -0.25) is 0 Å². The molecule has 0 saturated heterocycles. The Hall–Kier alpha value is -1.76. The Labute approximate surface area is 62.5 Å². The minimum atomic E-state index is -5.22. The van der Waals surface area contributed by atoms with E-state index in [1.165, 1.54) is 0 Å². The van der Waals surface area contributed by atoms with E-state index in [0.717, 1.165) is 0 Å². The lowest BCUT2D eigenvalue weighted by atomic mass is 11.3. The van der Waals surface area contributed by atoms with Crippen LogP contribution in [0.5, 0.6) is 0 Å². The summed E-state index contributed by atoms with van der Waals surface area (Å²) >= 11 is 0. The molecular weight excluding hydrogens is 187 g/mol. The average molecular weight is 187 g/mol. The molecule has 0 radical (unpaired) electrons. The molecule has 0 aromatic heterocycles. The van der Waals surface area contributed by atoms with Crippen molar-refractivity contribution in [1.29, 1.82) is 5.26 Å². The predicted molar refractivity (Wildman–Crippen MR) is 22.7 cm³/mol. The third-order valence-corrected chi connectivity index (χ3v) is 0.409. The van der Waals surface area contributed by atoms with Crippen molar-refractivity contribution in [1.82, 2.24) is 5.23 Å². The van der Waals surface area contributed by atoms with Crippen molar-refractivity contribution in [2.75, 3.05) is 0 Å². The first-order chi connectivity index (χ1) is 5.35. The smallest absolute Gasteiger partial charge is 0.168 e. The third-order valence-electron chi connectivity index (χ3n) is 0.409.